The van der Waals surface area contributed by atoms with E-state index in [2.05, 4.69) is 19.0 Å². The van der Waals surface area contributed by atoms with Gasteiger partial charge in [-0.1, -0.05) is 162 Å². The molecular formula is C32H69NO. The summed E-state index contributed by atoms with van der Waals surface area (Å²) in [6.45, 7) is 16.6. The highest BCUT2D eigenvalue weighted by atomic mass is 16.6. The van der Waals surface area contributed by atoms with Crippen LogP contribution in [0.5, 0.6) is 0 Å². The van der Waals surface area contributed by atoms with Crippen LogP contribution < -0.4 is 0 Å². The first-order valence-corrected chi connectivity index (χ1v) is 15.9. The largest absolute Gasteiger partial charge is 0.393 e. The van der Waals surface area contributed by atoms with E-state index >= 15 is 0 Å². The maximum Gasteiger partial charge on any atom is 0.127 e. The normalized spacial score (nSPS) is 10.3. The molecule has 208 valence electrons. The van der Waals surface area contributed by atoms with Gasteiger partial charge < -0.3 is 4.84 Å². The van der Waals surface area contributed by atoms with E-state index in [4.69, 9.17) is 4.84 Å². The number of hydrogen-bond acceptors (Lipinski definition) is 2. The molecule has 0 aromatic heterocycles. The Morgan fingerprint density at radius 1 is 0.471 bits per heavy atom. The molecule has 0 heterocycles. The Hall–Kier alpha value is -0.530. The van der Waals surface area contributed by atoms with E-state index in [9.17, 15) is 0 Å². The number of oxime groups is 1. The maximum atomic E-state index is 5.86. The Morgan fingerprint density at radius 3 is 1.00 bits per heavy atom. The molecule has 0 unspecified atom stereocenters. The molecule has 0 rings (SSSR count). The van der Waals surface area contributed by atoms with E-state index in [0.717, 1.165) is 5.71 Å². The van der Waals surface area contributed by atoms with Crippen molar-refractivity contribution in [3.05, 3.63) is 0 Å². The van der Waals surface area contributed by atoms with Crippen LogP contribution in [0.15, 0.2) is 5.16 Å². The summed E-state index contributed by atoms with van der Waals surface area (Å²) in [7, 11) is 0. The van der Waals surface area contributed by atoms with Crippen LogP contribution in [0, 0.1) is 0 Å². The number of nitrogens with zero attached hydrogens (tertiary/aromatic N) is 1. The lowest BCUT2D eigenvalue weighted by atomic mass is 10.0. The molecule has 2 heteroatoms. The lowest BCUT2D eigenvalue weighted by molar-refractivity contribution is 0.0428. The molecule has 0 aromatic rings. The van der Waals surface area contributed by atoms with E-state index in [1.165, 1.54) is 141 Å². The van der Waals surface area contributed by atoms with Crippen LogP contribution in [-0.4, -0.2) is 11.8 Å². The topological polar surface area (TPSA) is 21.6 Å². The molecule has 0 saturated heterocycles. The molecule has 0 amide bonds. The van der Waals surface area contributed by atoms with Gasteiger partial charge in [-0.05, 0) is 39.5 Å². The number of unbranched alkanes of at least 4 members (excludes halogenated alkanes) is 18. The molecule has 0 saturated carbocycles. The van der Waals surface area contributed by atoms with Crippen LogP contribution in [0.3, 0.4) is 0 Å². The van der Waals surface area contributed by atoms with Gasteiger partial charge in [0.1, 0.15) is 6.10 Å². The highest BCUT2D eigenvalue weighted by molar-refractivity contribution is 5.78. The molecule has 0 aliphatic heterocycles. The minimum Gasteiger partial charge on any atom is -0.393 e. The minimum atomic E-state index is 0.336. The summed E-state index contributed by atoms with van der Waals surface area (Å²) in [4.78, 5) is 5.86. The van der Waals surface area contributed by atoms with Gasteiger partial charge in [0.25, 0.3) is 0 Å². The van der Waals surface area contributed by atoms with Gasteiger partial charge in [-0.15, -0.1) is 0 Å². The van der Waals surface area contributed by atoms with Crippen molar-refractivity contribution in [1.82, 2.24) is 0 Å². The van der Waals surface area contributed by atoms with Crippen molar-refractivity contribution in [3.8, 4) is 0 Å². The molecule has 0 radical (unpaired) electrons. The highest BCUT2D eigenvalue weighted by Gasteiger charge is 2.09. The summed E-state index contributed by atoms with van der Waals surface area (Å²) in [5.74, 6) is 0. The van der Waals surface area contributed by atoms with E-state index in [-0.39, 0.29) is 0 Å². The first-order chi connectivity index (χ1) is 16.7. The van der Waals surface area contributed by atoms with Crippen molar-refractivity contribution in [2.75, 3.05) is 0 Å². The van der Waals surface area contributed by atoms with Crippen LogP contribution in [0.4, 0.5) is 0 Å². The minimum absolute atomic E-state index is 0.336. The number of rotatable bonds is 24. The van der Waals surface area contributed by atoms with Crippen LogP contribution >= 0.6 is 0 Å². The Balaban J connectivity index is -0.00000227. The molecule has 0 aromatic carbocycles. The molecule has 2 nitrogen and oxygen atoms in total. The lowest BCUT2D eigenvalue weighted by Gasteiger charge is -2.15. The van der Waals surface area contributed by atoms with Crippen molar-refractivity contribution >= 4 is 5.71 Å². The zero-order valence-corrected chi connectivity index (χ0v) is 25.5. The van der Waals surface area contributed by atoms with Crippen molar-refractivity contribution in [1.29, 1.82) is 0 Å². The second-order valence-corrected chi connectivity index (χ2v) is 9.71. The number of hydrogen-bond donors (Lipinski definition) is 0. The molecule has 0 atom stereocenters. The average molecular weight is 484 g/mol. The fourth-order valence-electron chi connectivity index (χ4n) is 4.15. The van der Waals surface area contributed by atoms with Crippen LogP contribution in [0.25, 0.3) is 0 Å². The summed E-state index contributed by atoms with van der Waals surface area (Å²) >= 11 is 0. The SMILES string of the molecule is CC.CC.CCCCCCCCCCCCC(CCCCCCCCCCCC)ON=C(C)C. The van der Waals surface area contributed by atoms with Crippen LogP contribution in [0.2, 0.25) is 0 Å². The Bertz CT molecular complexity index is 325. The highest BCUT2D eigenvalue weighted by Crippen LogP contribution is 2.18. The van der Waals surface area contributed by atoms with Crippen molar-refractivity contribution in [3.63, 3.8) is 0 Å². The second-order valence-electron chi connectivity index (χ2n) is 9.71. The van der Waals surface area contributed by atoms with Crippen LogP contribution in [0.1, 0.15) is 197 Å². The van der Waals surface area contributed by atoms with Gasteiger partial charge in [0, 0.05) is 0 Å². The quantitative estimate of drug-likeness (QED) is 0.0759. The predicted molar refractivity (Wildman–Crippen MR) is 159 cm³/mol. The van der Waals surface area contributed by atoms with Gasteiger partial charge >= 0.3 is 0 Å². The summed E-state index contributed by atoms with van der Waals surface area (Å²) in [6.07, 6.45) is 30.7. The first-order valence-electron chi connectivity index (χ1n) is 15.9. The molecule has 0 aliphatic carbocycles. The molecule has 0 fully saturated rings. The molecule has 0 spiro atoms. The van der Waals surface area contributed by atoms with Gasteiger partial charge in [0.15, 0.2) is 0 Å². The predicted octanol–water partition coefficient (Wildman–Crippen LogP) is 12.4. The van der Waals surface area contributed by atoms with Crippen molar-refractivity contribution < 1.29 is 4.84 Å². The molecular weight excluding hydrogens is 414 g/mol. The third kappa shape index (κ3) is 36.0. The maximum absolute atomic E-state index is 5.86. The fraction of sp³-hybridized carbons (Fsp3) is 0.969. The summed E-state index contributed by atoms with van der Waals surface area (Å²) in [5, 5.41) is 4.27. The zero-order chi connectivity index (χ0) is 26.1. The zero-order valence-electron chi connectivity index (χ0n) is 25.5. The van der Waals surface area contributed by atoms with Crippen molar-refractivity contribution in [2.24, 2.45) is 5.16 Å². The summed E-state index contributed by atoms with van der Waals surface area (Å²) < 4.78 is 0. The third-order valence-corrected chi connectivity index (χ3v) is 6.14. The summed E-state index contributed by atoms with van der Waals surface area (Å²) in [5.41, 5.74) is 1.03. The van der Waals surface area contributed by atoms with E-state index in [1.54, 1.807) is 0 Å². The van der Waals surface area contributed by atoms with Gasteiger partial charge in [-0.25, -0.2) is 0 Å². The Morgan fingerprint density at radius 2 is 0.735 bits per heavy atom. The van der Waals surface area contributed by atoms with Crippen molar-refractivity contribution in [2.45, 2.75) is 203 Å². The average Bonchev–Trinajstić information content (AvgIpc) is 2.86. The second kappa shape index (κ2) is 37.0. The van der Waals surface area contributed by atoms with E-state index < -0.39 is 0 Å². The standard InChI is InChI=1S/C28H57NO.2C2H6/c1-5-7-9-11-13-15-17-19-21-23-25-28(30-29-27(3)4)26-24-22-20-18-16-14-12-10-8-6-2;2*1-2/h28H,5-26H2,1-4H3;2*1-2H3. The van der Waals surface area contributed by atoms with Crippen LogP contribution in [-0.2, 0) is 4.84 Å². The van der Waals surface area contributed by atoms with Gasteiger partial charge in [0.2, 0.25) is 0 Å². The molecule has 34 heavy (non-hydrogen) atoms. The third-order valence-electron chi connectivity index (χ3n) is 6.14. The Kier molecular flexibility index (Phi) is 41.4. The smallest absolute Gasteiger partial charge is 0.127 e. The lowest BCUT2D eigenvalue weighted by Crippen LogP contribution is -2.10. The van der Waals surface area contributed by atoms with Gasteiger partial charge in [-0.3, -0.25) is 0 Å². The molecule has 0 bridgehead atoms. The first kappa shape index (κ1) is 38.0. The monoisotopic (exact) mass is 484 g/mol. The summed E-state index contributed by atoms with van der Waals surface area (Å²) in [6, 6.07) is 0. The fourth-order valence-corrected chi connectivity index (χ4v) is 4.15. The molecule has 0 aliphatic rings. The van der Waals surface area contributed by atoms with E-state index in [0.29, 0.717) is 6.10 Å². The van der Waals surface area contributed by atoms with Gasteiger partial charge in [0.05, 0.1) is 5.71 Å². The van der Waals surface area contributed by atoms with Gasteiger partial charge in [-0.2, -0.15) is 0 Å². The molecule has 0 N–H and O–H groups in total. The van der Waals surface area contributed by atoms with E-state index in [1.807, 2.05) is 41.5 Å². The Labute approximate surface area is 218 Å².